The van der Waals surface area contributed by atoms with Gasteiger partial charge in [0.15, 0.2) is 0 Å². The molecule has 0 N–H and O–H groups in total. The highest BCUT2D eigenvalue weighted by molar-refractivity contribution is 9.14. The molecule has 0 unspecified atom stereocenters. The predicted molar refractivity (Wildman–Crippen MR) is 126 cm³/mol. The molecular formula is C19H19Br5O2. The zero-order chi connectivity index (χ0) is 19.1. The van der Waals surface area contributed by atoms with Crippen LogP contribution in [-0.4, -0.2) is 13.2 Å². The lowest BCUT2D eigenvalue weighted by Crippen LogP contribution is -2.10. The molecule has 0 bridgehead atoms. The number of hydrogen-bond acceptors (Lipinski definition) is 2. The quantitative estimate of drug-likeness (QED) is 0.195. The largest absolute Gasteiger partial charge is 0.489 e. The molecule has 7 heteroatoms. The second-order valence-corrected chi connectivity index (χ2v) is 9.70. The summed E-state index contributed by atoms with van der Waals surface area (Å²) in [4.78, 5) is 0. The number of rotatable bonds is 9. The molecule has 0 aliphatic rings. The van der Waals surface area contributed by atoms with Crippen LogP contribution in [0.15, 0.2) is 46.6 Å². The van der Waals surface area contributed by atoms with Crippen molar-refractivity contribution in [2.24, 2.45) is 0 Å². The fourth-order valence-electron chi connectivity index (χ4n) is 2.36. The molecule has 0 saturated heterocycles. The van der Waals surface area contributed by atoms with Crippen molar-refractivity contribution < 1.29 is 9.47 Å². The molecule has 0 amide bonds. The highest BCUT2D eigenvalue weighted by Crippen LogP contribution is 2.38. The molecule has 2 rings (SSSR count). The Hall–Kier alpha value is 0.440. The summed E-state index contributed by atoms with van der Waals surface area (Å²) in [5.74, 6) is 1.59. The van der Waals surface area contributed by atoms with Crippen LogP contribution in [0, 0.1) is 0 Å². The van der Waals surface area contributed by atoms with E-state index >= 15 is 0 Å². The highest BCUT2D eigenvalue weighted by atomic mass is 79.9. The third kappa shape index (κ3) is 6.23. The normalized spacial score (nSPS) is 10.8. The van der Waals surface area contributed by atoms with Gasteiger partial charge >= 0.3 is 0 Å². The molecule has 2 nitrogen and oxygen atoms in total. The van der Waals surface area contributed by atoms with E-state index in [1.165, 1.54) is 24.8 Å². The van der Waals surface area contributed by atoms with E-state index in [0.717, 1.165) is 40.3 Å². The summed E-state index contributed by atoms with van der Waals surface area (Å²) in [7, 11) is 0. The highest BCUT2D eigenvalue weighted by Gasteiger charge is 2.11. The van der Waals surface area contributed by atoms with Crippen LogP contribution in [0.4, 0.5) is 0 Å². The van der Waals surface area contributed by atoms with Gasteiger partial charge in [0, 0.05) is 13.4 Å². The van der Waals surface area contributed by atoms with Crippen LogP contribution in [0.5, 0.6) is 11.5 Å². The van der Waals surface area contributed by atoms with Crippen LogP contribution in [-0.2, 0) is 6.42 Å². The summed E-state index contributed by atoms with van der Waals surface area (Å²) < 4.78 is 16.5. The van der Waals surface area contributed by atoms with E-state index in [-0.39, 0.29) is 0 Å². The van der Waals surface area contributed by atoms with E-state index in [9.17, 15) is 0 Å². The molecule has 0 aromatic heterocycles. The van der Waals surface area contributed by atoms with E-state index in [4.69, 9.17) is 9.47 Å². The van der Waals surface area contributed by atoms with Gasteiger partial charge in [-0.3, -0.25) is 0 Å². The van der Waals surface area contributed by atoms with Gasteiger partial charge in [0.1, 0.15) is 24.7 Å². The van der Waals surface area contributed by atoms with Gasteiger partial charge in [-0.05, 0) is 116 Å². The Morgan fingerprint density at radius 2 is 1.27 bits per heavy atom. The van der Waals surface area contributed by atoms with E-state index < -0.39 is 0 Å². The van der Waals surface area contributed by atoms with Crippen LogP contribution in [0.2, 0.25) is 0 Å². The van der Waals surface area contributed by atoms with E-state index in [2.05, 4.69) is 92.6 Å². The third-order valence-electron chi connectivity index (χ3n) is 3.77. The van der Waals surface area contributed by atoms with Gasteiger partial charge in [0.25, 0.3) is 0 Å². The van der Waals surface area contributed by atoms with Crippen molar-refractivity contribution in [1.82, 2.24) is 0 Å². The van der Waals surface area contributed by atoms with Crippen LogP contribution >= 0.6 is 79.6 Å². The maximum atomic E-state index is 5.88. The van der Waals surface area contributed by atoms with Crippen LogP contribution in [0.25, 0.3) is 0 Å². The lowest BCUT2D eigenvalue weighted by molar-refractivity contribution is 0.215. The monoisotopic (exact) mass is 674 g/mol. The minimum absolute atomic E-state index is 0.453. The minimum atomic E-state index is 0.453. The zero-order valence-corrected chi connectivity index (χ0v) is 22.2. The van der Waals surface area contributed by atoms with Crippen molar-refractivity contribution in [3.8, 4) is 11.5 Å². The summed E-state index contributed by atoms with van der Waals surface area (Å²) in [5, 5.41) is 0. The van der Waals surface area contributed by atoms with Gasteiger partial charge < -0.3 is 9.47 Å². The van der Waals surface area contributed by atoms with Crippen LogP contribution < -0.4 is 9.47 Å². The summed E-state index contributed by atoms with van der Waals surface area (Å²) in [6, 6.07) is 8.00. The molecule has 0 radical (unpaired) electrons. The first-order valence-electron chi connectivity index (χ1n) is 8.31. The van der Waals surface area contributed by atoms with Crippen molar-refractivity contribution in [3.05, 3.63) is 52.2 Å². The van der Waals surface area contributed by atoms with Crippen LogP contribution in [0.1, 0.15) is 31.7 Å². The number of unbranched alkanes of at least 4 members (excludes halogenated alkanes) is 2. The van der Waals surface area contributed by atoms with E-state index in [1.54, 1.807) is 0 Å². The maximum absolute atomic E-state index is 5.88. The maximum Gasteiger partial charge on any atom is 0.134 e. The van der Waals surface area contributed by atoms with Crippen LogP contribution in [0.3, 0.4) is 0 Å². The van der Waals surface area contributed by atoms with E-state index in [0.29, 0.717) is 13.2 Å². The average molecular weight is 679 g/mol. The zero-order valence-electron chi connectivity index (χ0n) is 14.3. The number of hydrogen-bond donors (Lipinski definition) is 0. The predicted octanol–water partition coefficient (Wildman–Crippen LogP) is 8.69. The van der Waals surface area contributed by atoms with Gasteiger partial charge in [-0.2, -0.15) is 0 Å². The summed E-state index contributed by atoms with van der Waals surface area (Å²) in [6.07, 6.45) is 4.75. The Morgan fingerprint density at radius 3 is 1.88 bits per heavy atom. The Morgan fingerprint density at radius 1 is 0.692 bits per heavy atom. The van der Waals surface area contributed by atoms with E-state index in [1.807, 2.05) is 18.2 Å². The first-order valence-corrected chi connectivity index (χ1v) is 12.3. The molecule has 2 aromatic carbocycles. The van der Waals surface area contributed by atoms with Gasteiger partial charge in [0.2, 0.25) is 0 Å². The minimum Gasteiger partial charge on any atom is -0.489 e. The summed E-state index contributed by atoms with van der Waals surface area (Å²) in [6.45, 7) is 3.13. The average Bonchev–Trinajstić information content (AvgIpc) is 2.63. The number of aryl methyl sites for hydroxylation is 1. The SMILES string of the molecule is CCCCCc1ccc(OCCOc2ccc(Br)c(Br)c2Br)c(Br)c1Br. The second kappa shape index (κ2) is 11.4. The molecule has 0 heterocycles. The third-order valence-corrected chi connectivity index (χ3v) is 9.34. The van der Waals surface area contributed by atoms with Crippen molar-refractivity contribution in [3.63, 3.8) is 0 Å². The smallest absolute Gasteiger partial charge is 0.134 e. The first kappa shape index (κ1) is 22.7. The molecule has 0 atom stereocenters. The van der Waals surface area contributed by atoms with Crippen molar-refractivity contribution in [2.75, 3.05) is 13.2 Å². The van der Waals surface area contributed by atoms with Gasteiger partial charge in [-0.1, -0.05) is 25.8 Å². The van der Waals surface area contributed by atoms with Gasteiger partial charge in [-0.15, -0.1) is 0 Å². The number of halogens is 5. The second-order valence-electron chi connectivity index (χ2n) is 5.68. The lowest BCUT2D eigenvalue weighted by Gasteiger charge is -2.14. The first-order chi connectivity index (χ1) is 12.5. The molecule has 0 saturated carbocycles. The summed E-state index contributed by atoms with van der Waals surface area (Å²) in [5.41, 5.74) is 1.30. The molecule has 0 aliphatic heterocycles. The molecule has 0 spiro atoms. The fourth-order valence-corrected chi connectivity index (χ4v) is 4.78. The molecule has 26 heavy (non-hydrogen) atoms. The van der Waals surface area contributed by atoms with Crippen molar-refractivity contribution in [2.45, 2.75) is 32.6 Å². The molecule has 0 fully saturated rings. The Bertz CT molecular complexity index is 749. The fraction of sp³-hybridized carbons (Fsp3) is 0.368. The van der Waals surface area contributed by atoms with Gasteiger partial charge in [-0.25, -0.2) is 0 Å². The molecule has 0 aliphatic carbocycles. The molecule has 2 aromatic rings. The molecular weight excluding hydrogens is 660 g/mol. The summed E-state index contributed by atoms with van der Waals surface area (Å²) >= 11 is 17.8. The Labute approximate surface area is 197 Å². The standard InChI is InChI=1S/C19H19Br5O2/c1-2-3-4-5-12-6-8-14(18(23)16(12)21)25-10-11-26-15-9-7-13(20)17(22)19(15)24/h6-9H,2-5,10-11H2,1H3. The molecule has 142 valence electrons. The number of benzene rings is 2. The van der Waals surface area contributed by atoms with Crippen molar-refractivity contribution >= 4 is 79.6 Å². The topological polar surface area (TPSA) is 18.5 Å². The van der Waals surface area contributed by atoms with Gasteiger partial charge in [0.05, 0.1) is 8.95 Å². The number of ether oxygens (including phenoxy) is 2. The van der Waals surface area contributed by atoms with Crippen molar-refractivity contribution in [1.29, 1.82) is 0 Å². The lowest BCUT2D eigenvalue weighted by atomic mass is 10.1. The Balaban J connectivity index is 1.90. The Kier molecular flexibility index (Phi) is 10.0.